The summed E-state index contributed by atoms with van der Waals surface area (Å²) in [5.41, 5.74) is 2.18. The van der Waals surface area contributed by atoms with Crippen molar-refractivity contribution in [3.8, 4) is 0 Å². The molecule has 174 valence electrons. The first-order chi connectivity index (χ1) is 15.1. The van der Waals surface area contributed by atoms with E-state index >= 15 is 0 Å². The van der Waals surface area contributed by atoms with Gasteiger partial charge in [-0.15, -0.1) is 0 Å². The second kappa shape index (κ2) is 8.73. The Hall–Kier alpha value is -2.62. The maximum atomic E-state index is 13.7. The Morgan fingerprint density at radius 1 is 1.25 bits per heavy atom. The van der Waals surface area contributed by atoms with E-state index in [1.807, 2.05) is 26.0 Å². The fourth-order valence-electron chi connectivity index (χ4n) is 4.77. The average Bonchev–Trinajstić information content (AvgIpc) is 3.11. The molecule has 2 aliphatic heterocycles. The van der Waals surface area contributed by atoms with E-state index in [2.05, 4.69) is 10.4 Å². The summed E-state index contributed by atoms with van der Waals surface area (Å²) < 4.78 is 42.8. The second-order valence-corrected chi connectivity index (χ2v) is 9.19. The Labute approximate surface area is 184 Å². The molecule has 2 unspecified atom stereocenters. The molecule has 2 aromatic rings. The van der Waals surface area contributed by atoms with Crippen LogP contribution < -0.4 is 10.2 Å². The number of anilines is 1. The lowest BCUT2D eigenvalue weighted by molar-refractivity contribution is -0.196. The summed E-state index contributed by atoms with van der Waals surface area (Å²) in [6.45, 7) is 5.03. The van der Waals surface area contributed by atoms with Crippen molar-refractivity contribution >= 4 is 23.1 Å². The van der Waals surface area contributed by atoms with Crippen LogP contribution in [0.2, 0.25) is 0 Å². The maximum Gasteiger partial charge on any atom is 0.404 e. The minimum atomic E-state index is -4.24. The van der Waals surface area contributed by atoms with E-state index in [1.54, 1.807) is 21.8 Å². The fraction of sp³-hybridized carbons (Fsp3) is 0.591. The van der Waals surface area contributed by atoms with Crippen molar-refractivity contribution in [2.45, 2.75) is 51.7 Å². The van der Waals surface area contributed by atoms with Gasteiger partial charge in [0.25, 0.3) is 0 Å². The number of amides is 3. The van der Waals surface area contributed by atoms with Gasteiger partial charge < -0.3 is 0 Å². The molecule has 1 N–H and O–H groups in total. The van der Waals surface area contributed by atoms with Crippen LogP contribution in [-0.4, -0.2) is 58.3 Å². The van der Waals surface area contributed by atoms with Crippen LogP contribution in [0.25, 0.3) is 5.52 Å². The number of halogens is 3. The quantitative estimate of drug-likeness (QED) is 0.754. The van der Waals surface area contributed by atoms with Crippen LogP contribution in [0.5, 0.6) is 0 Å². The molecule has 0 spiro atoms. The highest BCUT2D eigenvalue weighted by Crippen LogP contribution is 2.36. The largest absolute Gasteiger partial charge is 0.404 e. The van der Waals surface area contributed by atoms with Gasteiger partial charge >= 0.3 is 12.2 Å². The summed E-state index contributed by atoms with van der Waals surface area (Å²) in [7, 11) is 0. The maximum absolute atomic E-state index is 13.7. The summed E-state index contributed by atoms with van der Waals surface area (Å²) in [6, 6.07) is 1.85. The molecular formula is C22H28F3N5O2. The summed E-state index contributed by atoms with van der Waals surface area (Å²) >= 11 is 0. The minimum absolute atomic E-state index is 0.0743. The van der Waals surface area contributed by atoms with E-state index < -0.39 is 18.2 Å². The molecule has 3 amide bonds. The molecule has 32 heavy (non-hydrogen) atoms. The van der Waals surface area contributed by atoms with Crippen molar-refractivity contribution in [2.24, 2.45) is 11.8 Å². The number of pyridine rings is 1. The van der Waals surface area contributed by atoms with Crippen LogP contribution in [0, 0.1) is 11.8 Å². The van der Waals surface area contributed by atoms with E-state index in [9.17, 15) is 22.8 Å². The Bertz CT molecular complexity index is 1000. The van der Waals surface area contributed by atoms with Gasteiger partial charge in [0.15, 0.2) is 0 Å². The lowest BCUT2D eigenvalue weighted by Crippen LogP contribution is -2.52. The number of rotatable bonds is 5. The Kier molecular flexibility index (Phi) is 6.15. The van der Waals surface area contributed by atoms with Crippen LogP contribution in [0.3, 0.4) is 0 Å². The van der Waals surface area contributed by atoms with Crippen molar-refractivity contribution in [3.63, 3.8) is 0 Å². The Morgan fingerprint density at radius 3 is 2.72 bits per heavy atom. The summed E-state index contributed by atoms with van der Waals surface area (Å²) in [5, 5.41) is 6.57. The predicted molar refractivity (Wildman–Crippen MR) is 113 cm³/mol. The first-order valence-corrected chi connectivity index (χ1v) is 11.0. The molecule has 2 saturated heterocycles. The smallest absolute Gasteiger partial charge is 0.292 e. The van der Waals surface area contributed by atoms with Gasteiger partial charge in [0.05, 0.1) is 17.4 Å². The van der Waals surface area contributed by atoms with Crippen LogP contribution >= 0.6 is 0 Å². The van der Waals surface area contributed by atoms with Crippen molar-refractivity contribution in [1.82, 2.24) is 19.8 Å². The van der Waals surface area contributed by atoms with E-state index in [4.69, 9.17) is 0 Å². The van der Waals surface area contributed by atoms with Crippen molar-refractivity contribution in [3.05, 3.63) is 30.1 Å². The fourth-order valence-corrected chi connectivity index (χ4v) is 4.77. The third kappa shape index (κ3) is 4.74. The van der Waals surface area contributed by atoms with Gasteiger partial charge in [-0.1, -0.05) is 13.8 Å². The van der Waals surface area contributed by atoms with Gasteiger partial charge in [-0.25, -0.2) is 9.31 Å². The number of fused-ring (bicyclic) bond motifs is 1. The summed E-state index contributed by atoms with van der Waals surface area (Å²) in [4.78, 5) is 26.7. The molecule has 7 nitrogen and oxygen atoms in total. The topological polar surface area (TPSA) is 70.0 Å². The number of urea groups is 1. The number of likely N-dealkylation sites (tertiary alicyclic amines) is 1. The highest BCUT2D eigenvalue weighted by molar-refractivity contribution is 6.07. The van der Waals surface area contributed by atoms with Crippen LogP contribution in [0.1, 0.15) is 38.7 Å². The third-order valence-corrected chi connectivity index (χ3v) is 6.23. The molecule has 0 saturated carbocycles. The molecule has 4 rings (SSSR count). The number of imide groups is 1. The lowest BCUT2D eigenvalue weighted by atomic mass is 9.85. The highest BCUT2D eigenvalue weighted by Gasteiger charge is 2.46. The van der Waals surface area contributed by atoms with E-state index in [-0.39, 0.29) is 37.1 Å². The molecule has 0 aliphatic carbocycles. The molecule has 4 heterocycles. The normalized spacial score (nSPS) is 23.2. The molecule has 0 bridgehead atoms. The zero-order chi connectivity index (χ0) is 23.0. The predicted octanol–water partition coefficient (Wildman–Crippen LogP) is 3.62. The number of alkyl halides is 3. The second-order valence-electron chi connectivity index (χ2n) is 9.19. The van der Waals surface area contributed by atoms with Gasteiger partial charge in [-0.05, 0) is 55.3 Å². The number of hydrogen-bond acceptors (Lipinski definition) is 4. The van der Waals surface area contributed by atoms with Crippen LogP contribution in [-0.2, 0) is 11.2 Å². The zero-order valence-corrected chi connectivity index (χ0v) is 18.2. The van der Waals surface area contributed by atoms with Gasteiger partial charge in [-0.3, -0.25) is 19.9 Å². The van der Waals surface area contributed by atoms with E-state index in [0.717, 1.165) is 5.56 Å². The van der Waals surface area contributed by atoms with Crippen LogP contribution in [0.15, 0.2) is 24.5 Å². The molecule has 2 atom stereocenters. The number of carbonyl (C=O) groups excluding carboxylic acids is 2. The average molecular weight is 451 g/mol. The number of nitrogens with one attached hydrogen (secondary N) is 1. The van der Waals surface area contributed by atoms with Crippen molar-refractivity contribution in [1.29, 1.82) is 0 Å². The van der Waals surface area contributed by atoms with Crippen molar-refractivity contribution < 1.29 is 22.8 Å². The van der Waals surface area contributed by atoms with Gasteiger partial charge in [0.2, 0.25) is 5.91 Å². The number of piperidine rings is 1. The molecule has 2 aliphatic rings. The Morgan fingerprint density at radius 2 is 2.03 bits per heavy atom. The minimum Gasteiger partial charge on any atom is -0.292 e. The molecule has 10 heteroatoms. The first-order valence-electron chi connectivity index (χ1n) is 11.0. The third-order valence-electron chi connectivity index (χ3n) is 6.23. The SMILES string of the molecule is CC(C)CN1CCC(Cc2ccn3ncc(N4CCC(=O)NC4=O)c3c2)CC1C(F)(F)F. The highest BCUT2D eigenvalue weighted by atomic mass is 19.4. The molecule has 2 aromatic heterocycles. The van der Waals surface area contributed by atoms with Gasteiger partial charge in [-0.2, -0.15) is 18.3 Å². The number of hydrogen-bond donors (Lipinski definition) is 1. The first kappa shape index (κ1) is 22.6. The van der Waals surface area contributed by atoms with Crippen LogP contribution in [0.4, 0.5) is 23.7 Å². The standard InChI is InChI=1S/C22H28F3N5O2/c1-14(2)13-28-6-3-16(11-19(28)22(23,24)25)9-15-4-8-30-17(10-15)18(12-26-30)29-7-5-20(31)27-21(29)32/h4,8,10,12,14,16,19H,3,5-7,9,11,13H2,1-2H3,(H,27,31,32). The van der Waals surface area contributed by atoms with Crippen molar-refractivity contribution in [2.75, 3.05) is 24.5 Å². The lowest BCUT2D eigenvalue weighted by Gasteiger charge is -2.41. The number of aromatic nitrogens is 2. The molecule has 2 fully saturated rings. The monoisotopic (exact) mass is 451 g/mol. The van der Waals surface area contributed by atoms with E-state index in [1.165, 1.54) is 4.90 Å². The Balaban J connectivity index is 1.52. The molecule has 0 aromatic carbocycles. The van der Waals surface area contributed by atoms with E-state index in [0.29, 0.717) is 37.1 Å². The molecule has 0 radical (unpaired) electrons. The summed E-state index contributed by atoms with van der Waals surface area (Å²) in [5.74, 6) is -0.206. The number of nitrogens with zero attached hydrogens (tertiary/aromatic N) is 4. The number of carbonyl (C=O) groups is 2. The van der Waals surface area contributed by atoms with Gasteiger partial charge in [0.1, 0.15) is 6.04 Å². The molecular weight excluding hydrogens is 423 g/mol. The zero-order valence-electron chi connectivity index (χ0n) is 18.2. The summed E-state index contributed by atoms with van der Waals surface area (Å²) in [6.07, 6.45) is 0.631. The van der Waals surface area contributed by atoms with Gasteiger partial charge in [0, 0.05) is 25.7 Å².